The second kappa shape index (κ2) is 7.66. The average Bonchev–Trinajstić information content (AvgIpc) is 2.50. The lowest BCUT2D eigenvalue weighted by Gasteiger charge is -2.21. The van der Waals surface area contributed by atoms with Gasteiger partial charge in [-0.1, -0.05) is 0 Å². The van der Waals surface area contributed by atoms with E-state index in [0.717, 1.165) is 49.4 Å². The van der Waals surface area contributed by atoms with Gasteiger partial charge in [-0.2, -0.15) is 0 Å². The molecule has 4 nitrogen and oxygen atoms in total. The van der Waals surface area contributed by atoms with Crippen LogP contribution in [0.2, 0.25) is 0 Å². The third-order valence-electron chi connectivity index (χ3n) is 3.14. The lowest BCUT2D eigenvalue weighted by molar-refractivity contribution is 0.165. The predicted octanol–water partition coefficient (Wildman–Crippen LogP) is 2.36. The molecule has 1 aromatic rings. The summed E-state index contributed by atoms with van der Waals surface area (Å²) >= 11 is 0. The van der Waals surface area contributed by atoms with Crippen LogP contribution in [0.25, 0.3) is 0 Å². The van der Waals surface area contributed by atoms with Crippen molar-refractivity contribution in [3.63, 3.8) is 0 Å². The summed E-state index contributed by atoms with van der Waals surface area (Å²) < 4.78 is 16.6. The zero-order chi connectivity index (χ0) is 14.2. The van der Waals surface area contributed by atoms with E-state index in [1.165, 1.54) is 0 Å². The van der Waals surface area contributed by atoms with Gasteiger partial charge >= 0.3 is 0 Å². The number of methoxy groups -OCH3 is 1. The number of unbranched alkanes of at least 4 members (excludes halogenated alkanes) is 2. The summed E-state index contributed by atoms with van der Waals surface area (Å²) in [7, 11) is 1.64. The van der Waals surface area contributed by atoms with Crippen LogP contribution in [0.5, 0.6) is 17.2 Å². The molecule has 2 rings (SSSR count). The molecule has 0 aromatic heterocycles. The van der Waals surface area contributed by atoms with Gasteiger partial charge in [-0.3, -0.25) is 0 Å². The monoisotopic (exact) mass is 275 g/mol. The Morgan fingerprint density at radius 3 is 2.95 bits per heavy atom. The molecule has 108 valence electrons. The van der Waals surface area contributed by atoms with Gasteiger partial charge in [-0.15, -0.1) is 12.3 Å². The molecule has 0 saturated heterocycles. The Balaban J connectivity index is 1.90. The Labute approximate surface area is 120 Å². The van der Waals surface area contributed by atoms with Crippen LogP contribution in [0.1, 0.15) is 24.8 Å². The van der Waals surface area contributed by atoms with Gasteiger partial charge in [0.05, 0.1) is 7.11 Å². The van der Waals surface area contributed by atoms with Crippen LogP contribution < -0.4 is 19.5 Å². The maximum absolute atomic E-state index is 5.61. The minimum absolute atomic E-state index is 0.566. The fraction of sp³-hybridized carbons (Fsp3) is 0.500. The smallest absolute Gasteiger partial charge is 0.203 e. The standard InChI is InChI=1S/C16H21NO3/c1-3-4-5-6-7-17-12-13-10-14(18-2)16-15(11-13)19-8-9-20-16/h1,10-11,17H,4-9,12H2,2H3. The number of nitrogens with one attached hydrogen (secondary N) is 1. The van der Waals surface area contributed by atoms with Gasteiger partial charge in [0.2, 0.25) is 5.75 Å². The Kier molecular flexibility index (Phi) is 5.57. The lowest BCUT2D eigenvalue weighted by Crippen LogP contribution is -2.18. The summed E-state index contributed by atoms with van der Waals surface area (Å²) in [6, 6.07) is 3.99. The van der Waals surface area contributed by atoms with Crippen molar-refractivity contribution >= 4 is 0 Å². The van der Waals surface area contributed by atoms with E-state index < -0.39 is 0 Å². The molecule has 0 amide bonds. The highest BCUT2D eigenvalue weighted by Crippen LogP contribution is 2.40. The Hall–Kier alpha value is -1.86. The topological polar surface area (TPSA) is 39.7 Å². The summed E-state index contributed by atoms with van der Waals surface area (Å²) in [5, 5.41) is 3.40. The predicted molar refractivity (Wildman–Crippen MR) is 78.4 cm³/mol. The molecule has 0 saturated carbocycles. The lowest BCUT2D eigenvalue weighted by atomic mass is 10.1. The van der Waals surface area contributed by atoms with E-state index in [-0.39, 0.29) is 0 Å². The summed E-state index contributed by atoms with van der Waals surface area (Å²) in [4.78, 5) is 0. The second-order valence-electron chi connectivity index (χ2n) is 4.66. The van der Waals surface area contributed by atoms with Gasteiger partial charge in [0.15, 0.2) is 11.5 Å². The van der Waals surface area contributed by atoms with Crippen molar-refractivity contribution in [2.24, 2.45) is 0 Å². The summed E-state index contributed by atoms with van der Waals surface area (Å²) in [6.07, 6.45) is 8.22. The van der Waals surface area contributed by atoms with Crippen LogP contribution in [-0.4, -0.2) is 26.9 Å². The van der Waals surface area contributed by atoms with E-state index in [2.05, 4.69) is 11.2 Å². The Bertz CT molecular complexity index is 462. The Morgan fingerprint density at radius 2 is 2.15 bits per heavy atom. The van der Waals surface area contributed by atoms with Crippen molar-refractivity contribution in [3.8, 4) is 29.6 Å². The number of fused-ring (bicyclic) bond motifs is 1. The largest absolute Gasteiger partial charge is 0.493 e. The number of hydrogen-bond acceptors (Lipinski definition) is 4. The molecule has 1 aliphatic heterocycles. The van der Waals surface area contributed by atoms with E-state index in [1.807, 2.05) is 12.1 Å². The number of ether oxygens (including phenoxy) is 3. The first-order chi connectivity index (χ1) is 9.85. The molecule has 0 bridgehead atoms. The SMILES string of the molecule is C#CCCCCNCc1cc(OC)c2c(c1)OCCO2. The van der Waals surface area contributed by atoms with E-state index in [1.54, 1.807) is 7.11 Å². The molecule has 0 radical (unpaired) electrons. The highest BCUT2D eigenvalue weighted by molar-refractivity contribution is 5.54. The van der Waals surface area contributed by atoms with Crippen LogP contribution in [0.3, 0.4) is 0 Å². The van der Waals surface area contributed by atoms with Gasteiger partial charge in [0, 0.05) is 13.0 Å². The molecule has 4 heteroatoms. The van der Waals surface area contributed by atoms with E-state index in [0.29, 0.717) is 19.0 Å². The maximum Gasteiger partial charge on any atom is 0.203 e. The molecule has 1 aliphatic rings. The first-order valence-corrected chi connectivity index (χ1v) is 6.96. The minimum Gasteiger partial charge on any atom is -0.493 e. The molecule has 1 aromatic carbocycles. The number of rotatable bonds is 7. The fourth-order valence-corrected chi connectivity index (χ4v) is 2.14. The molecule has 1 heterocycles. The van der Waals surface area contributed by atoms with Gasteiger partial charge in [0.25, 0.3) is 0 Å². The van der Waals surface area contributed by atoms with Crippen LogP contribution in [0, 0.1) is 12.3 Å². The van der Waals surface area contributed by atoms with Gasteiger partial charge in [0.1, 0.15) is 13.2 Å². The number of terminal acetylenes is 1. The third kappa shape index (κ3) is 3.82. The van der Waals surface area contributed by atoms with Crippen molar-refractivity contribution in [1.29, 1.82) is 0 Å². The summed E-state index contributed by atoms with van der Waals surface area (Å²) in [5.74, 6) is 4.85. The quantitative estimate of drug-likeness (QED) is 0.612. The van der Waals surface area contributed by atoms with Crippen LogP contribution >= 0.6 is 0 Å². The Morgan fingerprint density at radius 1 is 1.30 bits per heavy atom. The van der Waals surface area contributed by atoms with Crippen molar-refractivity contribution in [3.05, 3.63) is 17.7 Å². The first kappa shape index (κ1) is 14.5. The molecular weight excluding hydrogens is 254 g/mol. The molecule has 0 spiro atoms. The third-order valence-corrected chi connectivity index (χ3v) is 3.14. The summed E-state index contributed by atoms with van der Waals surface area (Å²) in [6.45, 7) is 2.89. The highest BCUT2D eigenvalue weighted by Gasteiger charge is 2.18. The normalized spacial score (nSPS) is 12.8. The molecule has 0 fully saturated rings. The molecule has 1 N–H and O–H groups in total. The molecule has 0 atom stereocenters. The van der Waals surface area contributed by atoms with Crippen molar-refractivity contribution in [2.75, 3.05) is 26.9 Å². The zero-order valence-corrected chi connectivity index (χ0v) is 11.9. The van der Waals surface area contributed by atoms with Crippen molar-refractivity contribution in [2.45, 2.75) is 25.8 Å². The number of hydrogen-bond donors (Lipinski definition) is 1. The van der Waals surface area contributed by atoms with Crippen molar-refractivity contribution < 1.29 is 14.2 Å². The highest BCUT2D eigenvalue weighted by atomic mass is 16.6. The van der Waals surface area contributed by atoms with Crippen LogP contribution in [-0.2, 0) is 6.54 Å². The minimum atomic E-state index is 0.566. The molecule has 20 heavy (non-hydrogen) atoms. The summed E-state index contributed by atoms with van der Waals surface area (Å²) in [5.41, 5.74) is 1.13. The first-order valence-electron chi connectivity index (χ1n) is 6.96. The van der Waals surface area contributed by atoms with Gasteiger partial charge in [-0.05, 0) is 37.1 Å². The van der Waals surface area contributed by atoms with Gasteiger partial charge in [-0.25, -0.2) is 0 Å². The van der Waals surface area contributed by atoms with Crippen LogP contribution in [0.4, 0.5) is 0 Å². The van der Waals surface area contributed by atoms with Gasteiger partial charge < -0.3 is 19.5 Å². The van der Waals surface area contributed by atoms with Crippen LogP contribution in [0.15, 0.2) is 12.1 Å². The fourth-order valence-electron chi connectivity index (χ4n) is 2.14. The molecular formula is C16H21NO3. The van der Waals surface area contributed by atoms with E-state index >= 15 is 0 Å². The molecule has 0 unspecified atom stereocenters. The second-order valence-corrected chi connectivity index (χ2v) is 4.66. The maximum atomic E-state index is 5.61. The average molecular weight is 275 g/mol. The van der Waals surface area contributed by atoms with E-state index in [4.69, 9.17) is 20.6 Å². The number of benzene rings is 1. The van der Waals surface area contributed by atoms with E-state index in [9.17, 15) is 0 Å². The molecule has 0 aliphatic carbocycles. The van der Waals surface area contributed by atoms with Crippen molar-refractivity contribution in [1.82, 2.24) is 5.32 Å². The zero-order valence-electron chi connectivity index (χ0n) is 11.9.